The van der Waals surface area contributed by atoms with Crippen LogP contribution in [0.3, 0.4) is 0 Å². The molecule has 1 aromatic rings. The number of hydrogen-bond acceptors (Lipinski definition) is 4. The molecule has 78 valence electrons. The van der Waals surface area contributed by atoms with Crippen molar-refractivity contribution in [1.29, 1.82) is 0 Å². The summed E-state index contributed by atoms with van der Waals surface area (Å²) >= 11 is 1.65. The van der Waals surface area contributed by atoms with Crippen LogP contribution in [0.2, 0.25) is 0 Å². The number of hydrogen-bond donors (Lipinski definition) is 2. The van der Waals surface area contributed by atoms with Crippen LogP contribution in [-0.4, -0.2) is 10.5 Å². The van der Waals surface area contributed by atoms with Crippen molar-refractivity contribution in [1.82, 2.24) is 10.3 Å². The van der Waals surface area contributed by atoms with Gasteiger partial charge in [0.1, 0.15) is 5.01 Å². The van der Waals surface area contributed by atoms with Gasteiger partial charge >= 0.3 is 0 Å². The molecule has 0 spiro atoms. The van der Waals surface area contributed by atoms with E-state index >= 15 is 0 Å². The number of nitrogens with two attached hydrogens (primary N) is 1. The topological polar surface area (TPSA) is 50.9 Å². The molecule has 1 fully saturated rings. The van der Waals surface area contributed by atoms with Crippen LogP contribution in [0.4, 0.5) is 0 Å². The van der Waals surface area contributed by atoms with Crippen molar-refractivity contribution >= 4 is 11.3 Å². The minimum Gasteiger partial charge on any atom is -0.322 e. The first-order chi connectivity index (χ1) is 6.59. The molecule has 0 amide bonds. The van der Waals surface area contributed by atoms with Gasteiger partial charge in [-0.2, -0.15) is 0 Å². The van der Waals surface area contributed by atoms with Gasteiger partial charge in [0.25, 0.3) is 0 Å². The SMILES string of the molecule is CC(N)c1nc(CNC2(C)CC2)cs1. The lowest BCUT2D eigenvalue weighted by molar-refractivity contribution is 0.532. The van der Waals surface area contributed by atoms with Gasteiger partial charge in [-0.1, -0.05) is 0 Å². The second kappa shape index (κ2) is 3.61. The zero-order valence-corrected chi connectivity index (χ0v) is 9.53. The van der Waals surface area contributed by atoms with E-state index in [1.165, 1.54) is 12.8 Å². The first-order valence-electron chi connectivity index (χ1n) is 5.04. The molecule has 0 saturated heterocycles. The summed E-state index contributed by atoms with van der Waals surface area (Å²) in [6, 6.07) is 0.0604. The lowest BCUT2D eigenvalue weighted by atomic mass is 10.3. The van der Waals surface area contributed by atoms with Gasteiger partial charge in [0.05, 0.1) is 11.7 Å². The Balaban J connectivity index is 1.90. The van der Waals surface area contributed by atoms with E-state index in [9.17, 15) is 0 Å². The second-order valence-electron chi connectivity index (χ2n) is 4.38. The molecule has 1 aliphatic rings. The van der Waals surface area contributed by atoms with E-state index in [0.717, 1.165) is 17.2 Å². The Hall–Kier alpha value is -0.450. The van der Waals surface area contributed by atoms with Gasteiger partial charge in [-0.25, -0.2) is 4.98 Å². The fourth-order valence-corrected chi connectivity index (χ4v) is 2.06. The smallest absolute Gasteiger partial charge is 0.109 e. The minimum absolute atomic E-state index is 0.0604. The molecule has 1 aromatic heterocycles. The van der Waals surface area contributed by atoms with E-state index in [0.29, 0.717) is 5.54 Å². The number of nitrogens with zero attached hydrogens (tertiary/aromatic N) is 1. The molecule has 4 heteroatoms. The molecule has 0 bridgehead atoms. The lowest BCUT2D eigenvalue weighted by Crippen LogP contribution is -2.27. The van der Waals surface area contributed by atoms with Crippen molar-refractivity contribution in [3.8, 4) is 0 Å². The van der Waals surface area contributed by atoms with Gasteiger partial charge in [-0.3, -0.25) is 0 Å². The van der Waals surface area contributed by atoms with Crippen molar-refractivity contribution in [2.45, 2.75) is 44.8 Å². The van der Waals surface area contributed by atoms with Gasteiger partial charge in [-0.05, 0) is 26.7 Å². The molecule has 0 aliphatic heterocycles. The van der Waals surface area contributed by atoms with Crippen LogP contribution in [0.25, 0.3) is 0 Å². The van der Waals surface area contributed by atoms with E-state index in [-0.39, 0.29) is 6.04 Å². The highest BCUT2D eigenvalue weighted by atomic mass is 32.1. The van der Waals surface area contributed by atoms with Crippen LogP contribution in [0.5, 0.6) is 0 Å². The molecule has 1 aliphatic carbocycles. The third-order valence-corrected chi connectivity index (χ3v) is 3.75. The maximum absolute atomic E-state index is 5.75. The Kier molecular flexibility index (Phi) is 2.60. The predicted molar refractivity (Wildman–Crippen MR) is 59.2 cm³/mol. The summed E-state index contributed by atoms with van der Waals surface area (Å²) in [5.74, 6) is 0. The molecule has 0 aromatic carbocycles. The molecule has 1 atom stereocenters. The van der Waals surface area contributed by atoms with Crippen LogP contribution < -0.4 is 11.1 Å². The predicted octanol–water partition coefficient (Wildman–Crippen LogP) is 1.80. The molecule has 0 radical (unpaired) electrons. The van der Waals surface area contributed by atoms with E-state index < -0.39 is 0 Å². The minimum atomic E-state index is 0.0604. The van der Waals surface area contributed by atoms with Gasteiger partial charge in [-0.15, -0.1) is 11.3 Å². The number of aromatic nitrogens is 1. The Morgan fingerprint density at radius 3 is 2.93 bits per heavy atom. The van der Waals surface area contributed by atoms with E-state index in [2.05, 4.69) is 22.6 Å². The molecule has 1 heterocycles. The normalized spacial score (nSPS) is 20.8. The highest BCUT2D eigenvalue weighted by molar-refractivity contribution is 7.09. The highest BCUT2D eigenvalue weighted by Crippen LogP contribution is 2.34. The molecule has 3 nitrogen and oxygen atoms in total. The van der Waals surface area contributed by atoms with Crippen molar-refractivity contribution in [2.24, 2.45) is 5.73 Å². The quantitative estimate of drug-likeness (QED) is 0.798. The molecular formula is C10H17N3S. The van der Waals surface area contributed by atoms with Gasteiger partial charge < -0.3 is 11.1 Å². The monoisotopic (exact) mass is 211 g/mol. The van der Waals surface area contributed by atoms with Crippen molar-refractivity contribution in [3.63, 3.8) is 0 Å². The number of rotatable bonds is 4. The maximum atomic E-state index is 5.75. The number of thiazole rings is 1. The Labute approximate surface area is 88.7 Å². The fourth-order valence-electron chi connectivity index (χ4n) is 1.28. The van der Waals surface area contributed by atoms with Crippen LogP contribution in [0.15, 0.2) is 5.38 Å². The second-order valence-corrected chi connectivity index (χ2v) is 5.27. The third-order valence-electron chi connectivity index (χ3n) is 2.66. The molecule has 1 saturated carbocycles. The summed E-state index contributed by atoms with van der Waals surface area (Å²) in [6.45, 7) is 5.10. The van der Waals surface area contributed by atoms with Crippen LogP contribution in [0, 0.1) is 0 Å². The summed E-state index contributed by atoms with van der Waals surface area (Å²) in [4.78, 5) is 4.47. The largest absolute Gasteiger partial charge is 0.322 e. The zero-order chi connectivity index (χ0) is 10.2. The van der Waals surface area contributed by atoms with Gasteiger partial charge in [0.2, 0.25) is 0 Å². The van der Waals surface area contributed by atoms with Crippen molar-refractivity contribution in [3.05, 3.63) is 16.1 Å². The lowest BCUT2D eigenvalue weighted by Gasteiger charge is -2.08. The molecule has 2 rings (SSSR count). The molecule has 3 N–H and O–H groups in total. The van der Waals surface area contributed by atoms with E-state index in [1.54, 1.807) is 11.3 Å². The Morgan fingerprint density at radius 2 is 2.43 bits per heavy atom. The van der Waals surface area contributed by atoms with Crippen molar-refractivity contribution in [2.75, 3.05) is 0 Å². The van der Waals surface area contributed by atoms with Crippen LogP contribution >= 0.6 is 11.3 Å². The summed E-state index contributed by atoms with van der Waals surface area (Å²) in [7, 11) is 0. The first-order valence-corrected chi connectivity index (χ1v) is 5.92. The first kappa shape index (κ1) is 10.1. The summed E-state index contributed by atoms with van der Waals surface area (Å²) in [5.41, 5.74) is 7.26. The van der Waals surface area contributed by atoms with Crippen LogP contribution in [0.1, 0.15) is 43.4 Å². The molecule has 1 unspecified atom stereocenters. The van der Waals surface area contributed by atoms with Gasteiger partial charge in [0.15, 0.2) is 0 Å². The van der Waals surface area contributed by atoms with E-state index in [4.69, 9.17) is 5.73 Å². The Morgan fingerprint density at radius 1 is 1.71 bits per heavy atom. The third kappa shape index (κ3) is 2.32. The van der Waals surface area contributed by atoms with Crippen molar-refractivity contribution < 1.29 is 0 Å². The average Bonchev–Trinajstić information content (AvgIpc) is 2.68. The fraction of sp³-hybridized carbons (Fsp3) is 0.700. The summed E-state index contributed by atoms with van der Waals surface area (Å²) in [5, 5.41) is 6.63. The highest BCUT2D eigenvalue weighted by Gasteiger charge is 2.36. The molecule has 14 heavy (non-hydrogen) atoms. The summed E-state index contributed by atoms with van der Waals surface area (Å²) < 4.78 is 0. The van der Waals surface area contributed by atoms with E-state index in [1.807, 2.05) is 6.92 Å². The zero-order valence-electron chi connectivity index (χ0n) is 8.71. The average molecular weight is 211 g/mol. The Bertz CT molecular complexity index is 315. The van der Waals surface area contributed by atoms with Crippen LogP contribution in [-0.2, 0) is 6.54 Å². The molecular weight excluding hydrogens is 194 g/mol. The summed E-state index contributed by atoms with van der Waals surface area (Å²) in [6.07, 6.45) is 2.58. The van der Waals surface area contributed by atoms with Gasteiger partial charge in [0, 0.05) is 17.5 Å². The standard InChI is InChI=1S/C10H17N3S/c1-7(11)9-13-8(6-14-9)5-12-10(2)3-4-10/h6-7,12H,3-5,11H2,1-2H3. The number of nitrogens with one attached hydrogen (secondary N) is 1. The maximum Gasteiger partial charge on any atom is 0.109 e.